The highest BCUT2D eigenvalue weighted by Crippen LogP contribution is 2.35. The number of amides is 3. The number of hydrogen-bond donors (Lipinski definition) is 2. The van der Waals surface area contributed by atoms with Crippen LogP contribution in [0.4, 0.5) is 17.2 Å². The molecular weight excluding hydrogens is 446 g/mol. The van der Waals surface area contributed by atoms with Crippen molar-refractivity contribution in [1.82, 2.24) is 4.98 Å². The van der Waals surface area contributed by atoms with E-state index < -0.39 is 5.92 Å². The second-order valence-corrected chi connectivity index (χ2v) is 8.74. The summed E-state index contributed by atoms with van der Waals surface area (Å²) in [6, 6.07) is 8.61. The van der Waals surface area contributed by atoms with Gasteiger partial charge in [0.05, 0.1) is 36.5 Å². The van der Waals surface area contributed by atoms with Gasteiger partial charge in [0.25, 0.3) is 0 Å². The third kappa shape index (κ3) is 5.03. The van der Waals surface area contributed by atoms with Crippen LogP contribution in [0.3, 0.4) is 0 Å². The zero-order valence-electron chi connectivity index (χ0n) is 18.3. The first-order valence-corrected chi connectivity index (χ1v) is 11.2. The number of primary amides is 1. The number of carbonyl (C=O) groups excluding carboxylic acids is 3. The average molecular weight is 472 g/mol. The summed E-state index contributed by atoms with van der Waals surface area (Å²) in [6.45, 7) is 1.58. The van der Waals surface area contributed by atoms with E-state index in [0.717, 1.165) is 25.2 Å². The van der Waals surface area contributed by atoms with E-state index in [2.05, 4.69) is 10.3 Å². The van der Waals surface area contributed by atoms with Crippen LogP contribution in [-0.4, -0.2) is 49.4 Å². The van der Waals surface area contributed by atoms with Gasteiger partial charge in [-0.2, -0.15) is 0 Å². The Morgan fingerprint density at radius 3 is 2.73 bits per heavy atom. The van der Waals surface area contributed by atoms with E-state index in [0.29, 0.717) is 28.7 Å². The quantitative estimate of drug-likeness (QED) is 0.668. The highest BCUT2D eigenvalue weighted by molar-refractivity contribution is 6.31. The number of nitrogens with one attached hydrogen (secondary N) is 1. The maximum absolute atomic E-state index is 12.8. The molecule has 2 aromatic rings. The maximum atomic E-state index is 12.8. The predicted molar refractivity (Wildman–Crippen MR) is 125 cm³/mol. The molecule has 4 rings (SSSR count). The highest BCUT2D eigenvalue weighted by atomic mass is 35.5. The number of ether oxygens (including phenoxy) is 1. The molecule has 0 spiro atoms. The van der Waals surface area contributed by atoms with Crippen LogP contribution < -0.4 is 25.6 Å². The highest BCUT2D eigenvalue weighted by Gasteiger charge is 2.36. The predicted octanol–water partition coefficient (Wildman–Crippen LogP) is 2.44. The van der Waals surface area contributed by atoms with Gasteiger partial charge in [-0.3, -0.25) is 14.4 Å². The van der Waals surface area contributed by atoms with E-state index in [1.807, 2.05) is 11.0 Å². The van der Waals surface area contributed by atoms with Crippen LogP contribution in [0.15, 0.2) is 36.5 Å². The Labute approximate surface area is 196 Å². The van der Waals surface area contributed by atoms with Crippen molar-refractivity contribution in [3.05, 3.63) is 41.6 Å². The van der Waals surface area contributed by atoms with E-state index in [1.165, 1.54) is 12.0 Å². The number of anilines is 3. The Hall–Kier alpha value is -3.33. The van der Waals surface area contributed by atoms with Crippen molar-refractivity contribution in [2.45, 2.75) is 19.3 Å². The summed E-state index contributed by atoms with van der Waals surface area (Å²) in [4.78, 5) is 44.9. The van der Waals surface area contributed by atoms with Gasteiger partial charge in [-0.05, 0) is 43.2 Å². The van der Waals surface area contributed by atoms with Gasteiger partial charge in [0.2, 0.25) is 17.7 Å². The standard InChI is InChI=1S/C23H26ClN5O4/c1-33-19-6-4-16(24)10-18(19)29-13-15(9-21(29)30)23(32)27-17-5-7-20(26-11-17)28-8-2-3-14(12-28)22(25)31/h4-7,10-11,14-15H,2-3,8-9,12-13H2,1H3,(H2,25,31)(H,27,32). The van der Waals surface area contributed by atoms with Gasteiger partial charge in [0.1, 0.15) is 11.6 Å². The lowest BCUT2D eigenvalue weighted by Crippen LogP contribution is -2.41. The van der Waals surface area contributed by atoms with E-state index in [9.17, 15) is 14.4 Å². The first kappa shape index (κ1) is 22.8. The van der Waals surface area contributed by atoms with Crippen molar-refractivity contribution in [2.75, 3.05) is 41.9 Å². The molecular formula is C23H26ClN5O4. The fourth-order valence-electron chi connectivity index (χ4n) is 4.30. The molecule has 0 saturated carbocycles. The molecule has 2 saturated heterocycles. The van der Waals surface area contributed by atoms with E-state index in [1.54, 1.807) is 30.5 Å². The van der Waals surface area contributed by atoms with Gasteiger partial charge in [0.15, 0.2) is 0 Å². The number of nitrogens with two attached hydrogens (primary N) is 1. The molecule has 2 fully saturated rings. The van der Waals surface area contributed by atoms with Gasteiger partial charge in [0, 0.05) is 31.1 Å². The van der Waals surface area contributed by atoms with Gasteiger partial charge >= 0.3 is 0 Å². The number of hydrogen-bond acceptors (Lipinski definition) is 6. The minimum absolute atomic E-state index is 0.0926. The number of pyridine rings is 1. The Bertz CT molecular complexity index is 1060. The summed E-state index contributed by atoms with van der Waals surface area (Å²) in [6.07, 6.45) is 3.33. The number of halogens is 1. The van der Waals surface area contributed by atoms with E-state index >= 15 is 0 Å². The zero-order chi connectivity index (χ0) is 23.5. The van der Waals surface area contributed by atoms with E-state index in [-0.39, 0.29) is 36.6 Å². The van der Waals surface area contributed by atoms with Gasteiger partial charge in [-0.15, -0.1) is 0 Å². The molecule has 0 radical (unpaired) electrons. The average Bonchev–Trinajstić information content (AvgIpc) is 3.21. The van der Waals surface area contributed by atoms with Gasteiger partial charge in [-0.25, -0.2) is 4.98 Å². The molecule has 3 heterocycles. The molecule has 1 aromatic carbocycles. The first-order chi connectivity index (χ1) is 15.9. The second kappa shape index (κ2) is 9.66. The van der Waals surface area contributed by atoms with Crippen LogP contribution in [0.5, 0.6) is 5.75 Å². The number of nitrogens with zero attached hydrogens (tertiary/aromatic N) is 3. The molecule has 3 amide bonds. The topological polar surface area (TPSA) is 118 Å². The first-order valence-electron chi connectivity index (χ1n) is 10.8. The van der Waals surface area contributed by atoms with Crippen LogP contribution in [0.1, 0.15) is 19.3 Å². The minimum atomic E-state index is -0.515. The Kier molecular flexibility index (Phi) is 6.69. The lowest BCUT2D eigenvalue weighted by Gasteiger charge is -2.32. The lowest BCUT2D eigenvalue weighted by atomic mass is 9.97. The fraction of sp³-hybridized carbons (Fsp3) is 0.391. The summed E-state index contributed by atoms with van der Waals surface area (Å²) in [5.74, 6) is -0.162. The van der Waals surface area contributed by atoms with Crippen LogP contribution in [0.2, 0.25) is 5.02 Å². The molecule has 33 heavy (non-hydrogen) atoms. The monoisotopic (exact) mass is 471 g/mol. The molecule has 10 heteroatoms. The number of benzene rings is 1. The lowest BCUT2D eigenvalue weighted by molar-refractivity contribution is -0.122. The number of rotatable bonds is 6. The molecule has 2 aliphatic rings. The van der Waals surface area contributed by atoms with Crippen molar-refractivity contribution in [3.8, 4) is 5.75 Å². The van der Waals surface area contributed by atoms with Gasteiger partial charge < -0.3 is 25.6 Å². The van der Waals surface area contributed by atoms with Crippen molar-refractivity contribution < 1.29 is 19.1 Å². The second-order valence-electron chi connectivity index (χ2n) is 8.30. The fourth-order valence-corrected chi connectivity index (χ4v) is 4.47. The summed E-state index contributed by atoms with van der Waals surface area (Å²) >= 11 is 6.09. The number of methoxy groups -OCH3 is 1. The van der Waals surface area contributed by atoms with Crippen LogP contribution in [-0.2, 0) is 14.4 Å². The molecule has 2 aliphatic heterocycles. The van der Waals surface area contributed by atoms with Crippen molar-refractivity contribution in [3.63, 3.8) is 0 Å². The largest absolute Gasteiger partial charge is 0.495 e. The van der Waals surface area contributed by atoms with Crippen molar-refractivity contribution in [2.24, 2.45) is 17.6 Å². The van der Waals surface area contributed by atoms with Crippen LogP contribution in [0.25, 0.3) is 0 Å². The molecule has 0 bridgehead atoms. The number of aromatic nitrogens is 1. The normalized spacial score (nSPS) is 20.6. The van der Waals surface area contributed by atoms with Crippen LogP contribution in [0, 0.1) is 11.8 Å². The summed E-state index contributed by atoms with van der Waals surface area (Å²) in [7, 11) is 1.52. The van der Waals surface area contributed by atoms with Gasteiger partial charge in [-0.1, -0.05) is 11.6 Å². The number of carbonyl (C=O) groups is 3. The molecule has 9 nitrogen and oxygen atoms in total. The smallest absolute Gasteiger partial charge is 0.229 e. The molecule has 1 aromatic heterocycles. The summed E-state index contributed by atoms with van der Waals surface area (Å²) in [5.41, 5.74) is 6.54. The molecule has 174 valence electrons. The molecule has 2 unspecified atom stereocenters. The minimum Gasteiger partial charge on any atom is -0.495 e. The maximum Gasteiger partial charge on any atom is 0.229 e. The zero-order valence-corrected chi connectivity index (χ0v) is 19.0. The molecule has 3 N–H and O–H groups in total. The Morgan fingerprint density at radius 1 is 1.21 bits per heavy atom. The Balaban J connectivity index is 1.39. The summed E-state index contributed by atoms with van der Waals surface area (Å²) < 4.78 is 5.34. The Morgan fingerprint density at radius 2 is 2.03 bits per heavy atom. The van der Waals surface area contributed by atoms with Crippen molar-refractivity contribution in [1.29, 1.82) is 0 Å². The third-order valence-electron chi connectivity index (χ3n) is 6.09. The number of piperidine rings is 1. The van der Waals surface area contributed by atoms with Crippen molar-refractivity contribution >= 4 is 46.5 Å². The SMILES string of the molecule is COc1ccc(Cl)cc1N1CC(C(=O)Nc2ccc(N3CCCC(C(N)=O)C3)nc2)CC1=O. The molecule has 0 aliphatic carbocycles. The summed E-state index contributed by atoms with van der Waals surface area (Å²) in [5, 5.41) is 3.32. The van der Waals surface area contributed by atoms with Crippen LogP contribution >= 0.6 is 11.6 Å². The molecule has 2 atom stereocenters. The third-order valence-corrected chi connectivity index (χ3v) is 6.33. The van der Waals surface area contributed by atoms with E-state index in [4.69, 9.17) is 22.1 Å².